The first-order valence-corrected chi connectivity index (χ1v) is 20.8. The first-order valence-electron chi connectivity index (χ1n) is 14.4. The van der Waals surface area contributed by atoms with E-state index in [0.717, 1.165) is 0 Å². The van der Waals surface area contributed by atoms with E-state index in [0.29, 0.717) is 0 Å². The summed E-state index contributed by atoms with van der Waals surface area (Å²) in [6.45, 7) is 8.73. The zero-order valence-electron chi connectivity index (χ0n) is 24.5. The first kappa shape index (κ1) is 31.5. The number of hydrogen-bond acceptors (Lipinski definition) is 0. The van der Waals surface area contributed by atoms with Gasteiger partial charge in [0.2, 0.25) is 0 Å². The molecule has 6 aromatic carbocycles. The quantitative estimate of drug-likeness (QED) is 0.157. The molecule has 0 fully saturated rings. The van der Waals surface area contributed by atoms with Gasteiger partial charge in [-0.05, 0) is 37.8 Å². The van der Waals surface area contributed by atoms with Crippen LogP contribution >= 0.6 is 17.0 Å². The molecule has 41 heavy (non-hydrogen) atoms. The maximum absolute atomic E-state index is 4.93. The van der Waals surface area contributed by atoms with Crippen molar-refractivity contribution < 1.29 is 20.8 Å². The van der Waals surface area contributed by atoms with E-state index >= 15 is 0 Å². The number of rotatable bonds is 6. The van der Waals surface area contributed by atoms with Crippen molar-refractivity contribution >= 4 is 38.6 Å². The molecule has 0 amide bonds. The van der Waals surface area contributed by atoms with Gasteiger partial charge in [-0.3, -0.25) is 0 Å². The first-order chi connectivity index (χ1) is 20.0. The van der Waals surface area contributed by atoms with Gasteiger partial charge in [-0.25, -0.2) is 0 Å². The van der Waals surface area contributed by atoms with E-state index in [1.807, 2.05) is 0 Å². The van der Waals surface area contributed by atoms with Gasteiger partial charge in [0, 0.05) is 0 Å². The third-order valence-electron chi connectivity index (χ3n) is 7.42. The van der Waals surface area contributed by atoms with Gasteiger partial charge in [0.1, 0.15) is 0 Å². The molecule has 0 aliphatic rings. The number of fused-ring (bicyclic) bond motifs is 2. The molecule has 0 radical (unpaired) electrons. The average molecular weight is 657 g/mol. The number of aryl methyl sites for hydroxylation is 4. The van der Waals surface area contributed by atoms with Crippen molar-refractivity contribution in [3.63, 3.8) is 0 Å². The Hall–Kier alpha value is -2.44. The van der Waals surface area contributed by atoms with E-state index in [4.69, 9.17) is 17.0 Å². The SMILES string of the molecule is CCCc1cc2c(-c3ccc(C)cc3)cccc2[cH-]1.CCCc1cc2c(-c3ccc(C)cc3)cccc2[cH-]1.[Cl][Zr+2][Cl]. The van der Waals surface area contributed by atoms with Crippen molar-refractivity contribution in [2.75, 3.05) is 0 Å². The minimum absolute atomic E-state index is 0.826. The molecule has 0 saturated heterocycles. The van der Waals surface area contributed by atoms with Gasteiger partial charge in [0.25, 0.3) is 0 Å². The van der Waals surface area contributed by atoms with E-state index in [1.165, 1.54) is 91.7 Å². The van der Waals surface area contributed by atoms with Gasteiger partial charge in [-0.2, -0.15) is 12.1 Å². The van der Waals surface area contributed by atoms with Crippen molar-refractivity contribution in [2.24, 2.45) is 0 Å². The second-order valence-corrected chi connectivity index (χ2v) is 14.4. The summed E-state index contributed by atoms with van der Waals surface area (Å²) in [5.41, 5.74) is 10.8. The molecule has 3 heteroatoms. The topological polar surface area (TPSA) is 0 Å². The van der Waals surface area contributed by atoms with Gasteiger partial charge in [0.05, 0.1) is 0 Å². The van der Waals surface area contributed by atoms with Crippen molar-refractivity contribution in [1.82, 2.24) is 0 Å². The Labute approximate surface area is 264 Å². The number of hydrogen-bond donors (Lipinski definition) is 0. The van der Waals surface area contributed by atoms with Crippen LogP contribution in [0, 0.1) is 13.8 Å². The van der Waals surface area contributed by atoms with Crippen molar-refractivity contribution in [3.8, 4) is 22.3 Å². The molecule has 0 heterocycles. The van der Waals surface area contributed by atoms with Crippen LogP contribution in [0.15, 0.2) is 109 Å². The molecular weight excluding hydrogens is 619 g/mol. The van der Waals surface area contributed by atoms with Gasteiger partial charge in [0.15, 0.2) is 0 Å². The Bertz CT molecular complexity index is 1530. The van der Waals surface area contributed by atoms with Gasteiger partial charge in [-0.1, -0.05) is 110 Å². The van der Waals surface area contributed by atoms with Crippen molar-refractivity contribution in [3.05, 3.63) is 131 Å². The predicted molar refractivity (Wildman–Crippen MR) is 179 cm³/mol. The summed E-state index contributed by atoms with van der Waals surface area (Å²) >= 11 is -0.826. The van der Waals surface area contributed by atoms with Crippen LogP contribution in [0.25, 0.3) is 43.8 Å². The third kappa shape index (κ3) is 8.32. The molecule has 0 atom stereocenters. The van der Waals surface area contributed by atoms with Gasteiger partial charge < -0.3 is 0 Å². The van der Waals surface area contributed by atoms with E-state index < -0.39 is 20.8 Å². The molecule has 208 valence electrons. The molecule has 0 bridgehead atoms. The molecule has 6 aromatic rings. The van der Waals surface area contributed by atoms with E-state index in [1.54, 1.807) is 0 Å². The standard InChI is InChI=1S/2C19H19.2ClH.Zr/c2*1-3-5-15-12-17-6-4-7-18(19(17)13-15)16-10-8-14(2)9-11-16;;;/h2*4,6-13H,3,5H2,1-2H3;2*1H;/q2*-1;;;+4/p-2. The van der Waals surface area contributed by atoms with E-state index in [-0.39, 0.29) is 0 Å². The monoisotopic (exact) mass is 654 g/mol. The van der Waals surface area contributed by atoms with Crippen LogP contribution in [-0.2, 0) is 33.7 Å². The fourth-order valence-corrected chi connectivity index (χ4v) is 5.43. The Kier molecular flexibility index (Phi) is 12.1. The second-order valence-electron chi connectivity index (χ2n) is 10.6. The van der Waals surface area contributed by atoms with Crippen LogP contribution in [0.1, 0.15) is 48.9 Å². The molecule has 0 aromatic heterocycles. The summed E-state index contributed by atoms with van der Waals surface area (Å²) in [5, 5.41) is 5.49. The van der Waals surface area contributed by atoms with Crippen LogP contribution in [-0.4, -0.2) is 0 Å². The van der Waals surface area contributed by atoms with Crippen LogP contribution in [0.3, 0.4) is 0 Å². The predicted octanol–water partition coefficient (Wildman–Crippen LogP) is 12.3. The molecule has 0 aliphatic heterocycles. The fraction of sp³-hybridized carbons (Fsp3) is 0.211. The third-order valence-corrected chi connectivity index (χ3v) is 7.42. The number of benzene rings is 4. The molecule has 0 unspecified atom stereocenters. The zero-order chi connectivity index (χ0) is 29.2. The van der Waals surface area contributed by atoms with E-state index in [9.17, 15) is 0 Å². The van der Waals surface area contributed by atoms with Gasteiger partial charge >= 0.3 is 37.9 Å². The summed E-state index contributed by atoms with van der Waals surface area (Å²) in [7, 11) is 9.87. The molecule has 0 aliphatic carbocycles. The van der Waals surface area contributed by atoms with Crippen LogP contribution in [0.5, 0.6) is 0 Å². The number of halogens is 2. The van der Waals surface area contributed by atoms with E-state index in [2.05, 4.69) is 137 Å². The van der Waals surface area contributed by atoms with Crippen molar-refractivity contribution in [1.29, 1.82) is 0 Å². The summed E-state index contributed by atoms with van der Waals surface area (Å²) < 4.78 is 0. The fourth-order valence-electron chi connectivity index (χ4n) is 5.43. The molecule has 0 saturated carbocycles. The summed E-state index contributed by atoms with van der Waals surface area (Å²) in [6, 6.07) is 40.2. The molecule has 0 nitrogen and oxygen atoms in total. The maximum atomic E-state index is 4.93. The Balaban J connectivity index is 0.000000173. The summed E-state index contributed by atoms with van der Waals surface area (Å²) in [6.07, 6.45) is 4.75. The molecular formula is C38H38Cl2Zr. The Morgan fingerprint density at radius 2 is 0.927 bits per heavy atom. The van der Waals surface area contributed by atoms with Crippen LogP contribution in [0.4, 0.5) is 0 Å². The molecule has 6 rings (SSSR count). The Morgan fingerprint density at radius 3 is 1.27 bits per heavy atom. The van der Waals surface area contributed by atoms with Gasteiger partial charge in [-0.15, -0.1) is 69.1 Å². The second kappa shape index (κ2) is 15.7. The zero-order valence-corrected chi connectivity index (χ0v) is 28.4. The molecule has 0 N–H and O–H groups in total. The summed E-state index contributed by atoms with van der Waals surface area (Å²) in [5.74, 6) is 0. The van der Waals surface area contributed by atoms with Crippen LogP contribution < -0.4 is 0 Å². The molecule has 0 spiro atoms. The Morgan fingerprint density at radius 1 is 0.561 bits per heavy atom. The normalized spacial score (nSPS) is 10.5. The minimum atomic E-state index is -0.826. The van der Waals surface area contributed by atoms with Crippen molar-refractivity contribution in [2.45, 2.75) is 53.4 Å². The average Bonchev–Trinajstić information content (AvgIpc) is 3.58. The summed E-state index contributed by atoms with van der Waals surface area (Å²) in [4.78, 5) is 0. The van der Waals surface area contributed by atoms with Crippen LogP contribution in [0.2, 0.25) is 0 Å².